The van der Waals surface area contributed by atoms with Gasteiger partial charge in [0.1, 0.15) is 0 Å². The Labute approximate surface area is 136 Å². The molecule has 0 spiro atoms. The van der Waals surface area contributed by atoms with Gasteiger partial charge in [0, 0.05) is 23.3 Å². The third kappa shape index (κ3) is 1.94. The van der Waals surface area contributed by atoms with E-state index in [1.54, 1.807) is 0 Å². The monoisotopic (exact) mass is 307 g/mol. The van der Waals surface area contributed by atoms with Crippen LogP contribution in [0.25, 0.3) is 0 Å². The van der Waals surface area contributed by atoms with Gasteiger partial charge in [-0.3, -0.25) is 4.79 Å². The Morgan fingerprint density at radius 3 is 2.78 bits per heavy atom. The molecule has 0 radical (unpaired) electrons. The van der Waals surface area contributed by atoms with Crippen LogP contribution in [0.3, 0.4) is 0 Å². The smallest absolute Gasteiger partial charge is 0.164 e. The van der Waals surface area contributed by atoms with Gasteiger partial charge in [-0.15, -0.1) is 0 Å². The first-order chi connectivity index (χ1) is 11.2. The molecule has 4 nitrogen and oxygen atoms in total. The predicted molar refractivity (Wildman–Crippen MR) is 88.7 cm³/mol. The maximum absolute atomic E-state index is 13.0. The van der Waals surface area contributed by atoms with Gasteiger partial charge in [-0.25, -0.2) is 0 Å². The maximum Gasteiger partial charge on any atom is 0.164 e. The molecular weight excluding hydrogens is 286 g/mol. The fourth-order valence-corrected chi connectivity index (χ4v) is 4.41. The number of carbonyl (C=O) groups is 1. The SMILES string of the molecule is CC[C@@]1(c2ccccc2)C2=CN=NC2NC2=C1C(=O)C[C@@H](C)C2. The van der Waals surface area contributed by atoms with Gasteiger partial charge in [-0.05, 0) is 24.3 Å². The van der Waals surface area contributed by atoms with Crippen molar-refractivity contribution >= 4 is 5.78 Å². The number of fused-ring (bicyclic) bond motifs is 1. The standard InChI is InChI=1S/C19H21N3O/c1-3-19(13-7-5-4-6-8-13)14-11-20-22-18(14)21-15-9-12(2)10-16(23)17(15)19/h4-8,11-12,18,21H,3,9-10H2,1-2H3/t12-,18?,19+/m0/s1. The second kappa shape index (κ2) is 5.15. The van der Waals surface area contributed by atoms with E-state index in [1.165, 1.54) is 5.56 Å². The van der Waals surface area contributed by atoms with Gasteiger partial charge >= 0.3 is 0 Å². The van der Waals surface area contributed by atoms with Gasteiger partial charge in [0.15, 0.2) is 11.9 Å². The lowest BCUT2D eigenvalue weighted by Crippen LogP contribution is -2.50. The van der Waals surface area contributed by atoms with Gasteiger partial charge in [-0.1, -0.05) is 44.2 Å². The fraction of sp³-hybridized carbons (Fsp3) is 0.421. The highest BCUT2D eigenvalue weighted by Gasteiger charge is 2.51. The fourth-order valence-electron chi connectivity index (χ4n) is 4.41. The molecule has 0 bridgehead atoms. The number of nitrogens with one attached hydrogen (secondary N) is 1. The minimum absolute atomic E-state index is 0.132. The number of rotatable bonds is 2. The van der Waals surface area contributed by atoms with Crippen LogP contribution in [0.15, 0.2) is 63.6 Å². The Morgan fingerprint density at radius 1 is 1.26 bits per heavy atom. The Kier molecular flexibility index (Phi) is 3.22. The second-order valence-corrected chi connectivity index (χ2v) is 6.78. The molecule has 0 saturated heterocycles. The van der Waals surface area contributed by atoms with E-state index in [2.05, 4.69) is 41.5 Å². The van der Waals surface area contributed by atoms with Crippen molar-refractivity contribution in [3.8, 4) is 0 Å². The molecule has 0 fully saturated rings. The average Bonchev–Trinajstić information content (AvgIpc) is 3.02. The van der Waals surface area contributed by atoms with Crippen LogP contribution >= 0.6 is 0 Å². The Hall–Kier alpha value is -2.23. The summed E-state index contributed by atoms with van der Waals surface area (Å²) < 4.78 is 0. The molecule has 0 saturated carbocycles. The lowest BCUT2D eigenvalue weighted by Gasteiger charge is -2.46. The summed E-state index contributed by atoms with van der Waals surface area (Å²) in [4.78, 5) is 13.0. The molecule has 1 aromatic carbocycles. The topological polar surface area (TPSA) is 53.8 Å². The number of hydrogen-bond donors (Lipinski definition) is 1. The molecule has 0 aromatic heterocycles. The molecule has 1 N–H and O–H groups in total. The summed E-state index contributed by atoms with van der Waals surface area (Å²) >= 11 is 0. The van der Waals surface area contributed by atoms with E-state index in [9.17, 15) is 4.79 Å². The molecule has 1 aliphatic carbocycles. The van der Waals surface area contributed by atoms with Crippen LogP contribution in [0.4, 0.5) is 0 Å². The largest absolute Gasteiger partial charge is 0.362 e. The molecule has 4 heteroatoms. The summed E-state index contributed by atoms with van der Waals surface area (Å²) in [6.07, 6.45) is 4.09. The van der Waals surface area contributed by atoms with Crippen LogP contribution in [-0.4, -0.2) is 11.9 Å². The van der Waals surface area contributed by atoms with E-state index in [1.807, 2.05) is 24.4 Å². The van der Waals surface area contributed by atoms with Crippen LogP contribution in [0.2, 0.25) is 0 Å². The van der Waals surface area contributed by atoms with Crippen LogP contribution in [0, 0.1) is 5.92 Å². The first kappa shape index (κ1) is 14.4. The lowest BCUT2D eigenvalue weighted by atomic mass is 9.60. The van der Waals surface area contributed by atoms with Crippen molar-refractivity contribution < 1.29 is 4.79 Å². The molecule has 1 aromatic rings. The van der Waals surface area contributed by atoms with Crippen molar-refractivity contribution in [1.29, 1.82) is 0 Å². The third-order valence-corrected chi connectivity index (χ3v) is 5.37. The zero-order valence-electron chi connectivity index (χ0n) is 13.5. The molecule has 0 amide bonds. The number of ketones is 1. The van der Waals surface area contributed by atoms with Crippen molar-refractivity contribution in [2.24, 2.45) is 16.1 Å². The molecule has 118 valence electrons. The number of azo groups is 1. The summed E-state index contributed by atoms with van der Waals surface area (Å²) in [6, 6.07) is 10.4. The van der Waals surface area contributed by atoms with E-state index in [-0.39, 0.29) is 11.9 Å². The highest BCUT2D eigenvalue weighted by molar-refractivity contribution is 6.01. The Morgan fingerprint density at radius 2 is 2.04 bits per heavy atom. The summed E-state index contributed by atoms with van der Waals surface area (Å²) in [5.74, 6) is 0.645. The summed E-state index contributed by atoms with van der Waals surface area (Å²) in [7, 11) is 0. The second-order valence-electron chi connectivity index (χ2n) is 6.78. The summed E-state index contributed by atoms with van der Waals surface area (Å²) in [5, 5.41) is 12.0. The van der Waals surface area contributed by atoms with E-state index >= 15 is 0 Å². The number of hydrogen-bond acceptors (Lipinski definition) is 4. The van der Waals surface area contributed by atoms with Crippen molar-refractivity contribution in [2.45, 2.75) is 44.7 Å². The third-order valence-electron chi connectivity index (χ3n) is 5.37. The van der Waals surface area contributed by atoms with E-state index in [0.717, 1.165) is 29.7 Å². The number of benzene rings is 1. The number of nitrogens with zero attached hydrogens (tertiary/aromatic N) is 2. The number of carbonyl (C=O) groups excluding carboxylic acids is 1. The van der Waals surface area contributed by atoms with Crippen molar-refractivity contribution in [3.63, 3.8) is 0 Å². The van der Waals surface area contributed by atoms with E-state index in [4.69, 9.17) is 0 Å². The zero-order chi connectivity index (χ0) is 16.0. The van der Waals surface area contributed by atoms with Crippen LogP contribution in [-0.2, 0) is 10.2 Å². The number of Topliss-reactive ketones (excluding diaryl/α,β-unsaturated/α-hetero) is 1. The van der Waals surface area contributed by atoms with Crippen LogP contribution in [0.5, 0.6) is 0 Å². The van der Waals surface area contributed by atoms with Crippen molar-refractivity contribution in [2.75, 3.05) is 0 Å². The normalized spacial score (nSPS) is 32.3. The molecule has 2 heterocycles. The molecular formula is C19H21N3O. The predicted octanol–water partition coefficient (Wildman–Crippen LogP) is 3.87. The molecule has 3 atom stereocenters. The zero-order valence-corrected chi connectivity index (χ0v) is 13.5. The molecule has 23 heavy (non-hydrogen) atoms. The maximum atomic E-state index is 13.0. The lowest BCUT2D eigenvalue weighted by molar-refractivity contribution is -0.117. The quantitative estimate of drug-likeness (QED) is 0.902. The van der Waals surface area contributed by atoms with E-state index < -0.39 is 5.41 Å². The first-order valence-corrected chi connectivity index (χ1v) is 8.36. The van der Waals surface area contributed by atoms with Crippen molar-refractivity contribution in [3.05, 3.63) is 58.9 Å². The van der Waals surface area contributed by atoms with Crippen molar-refractivity contribution in [1.82, 2.24) is 5.32 Å². The average molecular weight is 307 g/mol. The van der Waals surface area contributed by atoms with Gasteiger partial charge < -0.3 is 5.32 Å². The van der Waals surface area contributed by atoms with Crippen LogP contribution < -0.4 is 5.32 Å². The van der Waals surface area contributed by atoms with Gasteiger partial charge in [0.2, 0.25) is 0 Å². The minimum atomic E-state index is -0.396. The van der Waals surface area contributed by atoms with Gasteiger partial charge in [-0.2, -0.15) is 10.2 Å². The van der Waals surface area contributed by atoms with Gasteiger partial charge in [0.05, 0.1) is 11.6 Å². The van der Waals surface area contributed by atoms with Gasteiger partial charge in [0.25, 0.3) is 0 Å². The van der Waals surface area contributed by atoms with Crippen LogP contribution in [0.1, 0.15) is 38.7 Å². The Balaban J connectivity index is 2.00. The first-order valence-electron chi connectivity index (χ1n) is 8.36. The summed E-state index contributed by atoms with van der Waals surface area (Å²) in [5.41, 5.74) is 3.89. The van der Waals surface area contributed by atoms with E-state index in [0.29, 0.717) is 12.3 Å². The molecule has 4 rings (SSSR count). The number of allylic oxidation sites excluding steroid dienone is 2. The molecule has 3 aliphatic rings. The molecule has 1 unspecified atom stereocenters. The highest BCUT2D eigenvalue weighted by atomic mass is 16.1. The minimum Gasteiger partial charge on any atom is -0.362 e. The highest BCUT2D eigenvalue weighted by Crippen LogP contribution is 2.51. The Bertz CT molecular complexity index is 747. The summed E-state index contributed by atoms with van der Waals surface area (Å²) in [6.45, 7) is 4.30. The molecule has 2 aliphatic heterocycles.